The van der Waals surface area contributed by atoms with Crippen molar-refractivity contribution in [2.75, 3.05) is 16.4 Å². The van der Waals surface area contributed by atoms with E-state index in [1.165, 1.54) is 23.1 Å². The Balaban J connectivity index is 1.48. The van der Waals surface area contributed by atoms with Gasteiger partial charge in [-0.15, -0.1) is 11.8 Å². The van der Waals surface area contributed by atoms with Crippen molar-refractivity contribution in [1.29, 1.82) is 0 Å². The van der Waals surface area contributed by atoms with Crippen molar-refractivity contribution in [3.63, 3.8) is 0 Å². The molecule has 0 saturated carbocycles. The van der Waals surface area contributed by atoms with E-state index in [2.05, 4.69) is 20.8 Å². The molecule has 1 aromatic carbocycles. The van der Waals surface area contributed by atoms with Gasteiger partial charge in [0, 0.05) is 6.07 Å². The van der Waals surface area contributed by atoms with E-state index in [0.717, 1.165) is 10.2 Å². The Morgan fingerprint density at radius 3 is 2.84 bits per heavy atom. The first kappa shape index (κ1) is 17.4. The molecule has 7 nitrogen and oxygen atoms in total. The van der Waals surface area contributed by atoms with E-state index in [1.54, 1.807) is 19.9 Å². The number of para-hydroxylation sites is 1. The molecule has 0 spiro atoms. The van der Waals surface area contributed by atoms with Crippen molar-refractivity contribution in [3.05, 3.63) is 36.1 Å². The first-order valence-electron chi connectivity index (χ1n) is 7.52. The molecule has 2 amide bonds. The van der Waals surface area contributed by atoms with E-state index >= 15 is 0 Å². The van der Waals surface area contributed by atoms with Crippen LogP contribution in [-0.4, -0.2) is 33.0 Å². The summed E-state index contributed by atoms with van der Waals surface area (Å²) in [6, 6.07) is 9.32. The van der Waals surface area contributed by atoms with E-state index in [-0.39, 0.29) is 17.6 Å². The molecule has 0 aliphatic rings. The number of carbonyl (C=O) groups excluding carboxylic acids is 2. The molecule has 0 unspecified atom stereocenters. The van der Waals surface area contributed by atoms with Gasteiger partial charge in [0.1, 0.15) is 5.76 Å². The van der Waals surface area contributed by atoms with Crippen molar-refractivity contribution in [1.82, 2.24) is 10.1 Å². The van der Waals surface area contributed by atoms with Gasteiger partial charge in [0.2, 0.25) is 11.8 Å². The molecular formula is C16H16N4O3S2. The summed E-state index contributed by atoms with van der Waals surface area (Å²) in [6.45, 7) is 3.48. The van der Waals surface area contributed by atoms with Crippen molar-refractivity contribution in [2.45, 2.75) is 19.1 Å². The number of rotatable bonds is 6. The highest BCUT2D eigenvalue weighted by atomic mass is 32.2. The first-order chi connectivity index (χ1) is 12.0. The smallest absolute Gasteiger partial charge is 0.238 e. The monoisotopic (exact) mass is 376 g/mol. The summed E-state index contributed by atoms with van der Waals surface area (Å²) in [5.74, 6) is 0.717. The first-order valence-corrected chi connectivity index (χ1v) is 9.39. The predicted octanol–water partition coefficient (Wildman–Crippen LogP) is 3.29. The highest BCUT2D eigenvalue weighted by Crippen LogP contribution is 2.25. The van der Waals surface area contributed by atoms with Crippen molar-refractivity contribution in [3.8, 4) is 0 Å². The van der Waals surface area contributed by atoms with E-state index in [1.807, 2.05) is 24.3 Å². The standard InChI is InChI=1S/C16H16N4O3S2/c1-9-7-13(20-23-9)18-15(22)10(2)24-8-14(21)19-16-17-11-5-3-4-6-12(11)25-16/h3-7,10H,8H2,1-2H3,(H,17,19,21)(H,18,20,22)/t10-/m1/s1. The SMILES string of the molecule is Cc1cc(NC(=O)[C@@H](C)SCC(=O)Nc2nc3ccccc3s2)no1. The molecule has 0 radical (unpaired) electrons. The number of thioether (sulfide) groups is 1. The van der Waals surface area contributed by atoms with Gasteiger partial charge in [-0.05, 0) is 26.0 Å². The van der Waals surface area contributed by atoms with E-state index < -0.39 is 5.25 Å². The fraction of sp³-hybridized carbons (Fsp3) is 0.250. The minimum absolute atomic E-state index is 0.155. The third-order valence-electron chi connectivity index (χ3n) is 3.25. The van der Waals surface area contributed by atoms with Gasteiger partial charge in [0.15, 0.2) is 10.9 Å². The average molecular weight is 376 g/mol. The number of thiazole rings is 1. The molecule has 0 fully saturated rings. The van der Waals surface area contributed by atoms with Crippen LogP contribution in [0.5, 0.6) is 0 Å². The lowest BCUT2D eigenvalue weighted by atomic mass is 10.3. The molecule has 130 valence electrons. The van der Waals surface area contributed by atoms with Crippen LogP contribution in [0.2, 0.25) is 0 Å². The zero-order valence-electron chi connectivity index (χ0n) is 13.6. The summed E-state index contributed by atoms with van der Waals surface area (Å²) in [5, 5.41) is 9.27. The van der Waals surface area contributed by atoms with Crippen molar-refractivity contribution >= 4 is 56.1 Å². The summed E-state index contributed by atoms with van der Waals surface area (Å²) in [5.41, 5.74) is 0.853. The van der Waals surface area contributed by atoms with Gasteiger partial charge in [-0.25, -0.2) is 4.98 Å². The lowest BCUT2D eigenvalue weighted by molar-refractivity contribution is -0.115. The number of amides is 2. The van der Waals surface area contributed by atoms with Crippen LogP contribution in [0.15, 0.2) is 34.9 Å². The zero-order valence-corrected chi connectivity index (χ0v) is 15.2. The molecule has 0 aliphatic heterocycles. The topological polar surface area (TPSA) is 97.1 Å². The third-order valence-corrected chi connectivity index (χ3v) is 5.35. The number of aromatic nitrogens is 2. The second kappa shape index (κ2) is 7.66. The minimum atomic E-state index is -0.405. The molecular weight excluding hydrogens is 360 g/mol. The number of aryl methyl sites for hydroxylation is 1. The number of benzene rings is 1. The maximum Gasteiger partial charge on any atom is 0.238 e. The maximum atomic E-state index is 12.1. The summed E-state index contributed by atoms with van der Waals surface area (Å²) >= 11 is 2.66. The quantitative estimate of drug-likeness (QED) is 0.685. The maximum absolute atomic E-state index is 12.1. The van der Waals surface area contributed by atoms with Gasteiger partial charge >= 0.3 is 0 Å². The number of nitrogens with one attached hydrogen (secondary N) is 2. The van der Waals surface area contributed by atoms with Crippen LogP contribution in [0.4, 0.5) is 10.9 Å². The van der Waals surface area contributed by atoms with Gasteiger partial charge in [-0.1, -0.05) is 28.6 Å². The zero-order chi connectivity index (χ0) is 17.8. The Bertz CT molecular complexity index is 873. The summed E-state index contributed by atoms with van der Waals surface area (Å²) < 4.78 is 5.91. The highest BCUT2D eigenvalue weighted by molar-refractivity contribution is 8.01. The van der Waals surface area contributed by atoms with Crippen LogP contribution in [0.3, 0.4) is 0 Å². The fourth-order valence-electron chi connectivity index (χ4n) is 2.01. The molecule has 9 heteroatoms. The van der Waals surface area contributed by atoms with Gasteiger partial charge in [0.25, 0.3) is 0 Å². The molecule has 0 saturated heterocycles. The Morgan fingerprint density at radius 2 is 2.12 bits per heavy atom. The number of fused-ring (bicyclic) bond motifs is 1. The summed E-state index contributed by atoms with van der Waals surface area (Å²) in [7, 11) is 0. The van der Waals surface area contributed by atoms with Gasteiger partial charge in [-0.2, -0.15) is 0 Å². The molecule has 2 heterocycles. The van der Waals surface area contributed by atoms with Crippen molar-refractivity contribution < 1.29 is 14.1 Å². The van der Waals surface area contributed by atoms with Gasteiger partial charge < -0.3 is 15.2 Å². The van der Waals surface area contributed by atoms with Crippen LogP contribution in [0.1, 0.15) is 12.7 Å². The molecule has 0 bridgehead atoms. The lowest BCUT2D eigenvalue weighted by Gasteiger charge is -2.09. The van der Waals surface area contributed by atoms with E-state index in [0.29, 0.717) is 16.7 Å². The third kappa shape index (κ3) is 4.58. The summed E-state index contributed by atoms with van der Waals surface area (Å²) in [4.78, 5) is 28.5. The Hall–Kier alpha value is -2.39. The van der Waals surface area contributed by atoms with Gasteiger partial charge in [0.05, 0.1) is 21.2 Å². The van der Waals surface area contributed by atoms with Crippen LogP contribution in [-0.2, 0) is 9.59 Å². The van der Waals surface area contributed by atoms with E-state index in [4.69, 9.17) is 4.52 Å². The Labute approximate surface area is 152 Å². The number of nitrogens with zero attached hydrogens (tertiary/aromatic N) is 2. The second-order valence-corrected chi connectivity index (χ2v) is 7.66. The fourth-order valence-corrected chi connectivity index (χ4v) is 3.58. The average Bonchev–Trinajstić information content (AvgIpc) is 3.17. The molecule has 3 aromatic rings. The van der Waals surface area contributed by atoms with Crippen LogP contribution >= 0.6 is 23.1 Å². The van der Waals surface area contributed by atoms with Gasteiger partial charge in [-0.3, -0.25) is 9.59 Å². The molecule has 1 atom stereocenters. The normalized spacial score (nSPS) is 12.1. The largest absolute Gasteiger partial charge is 0.360 e. The van der Waals surface area contributed by atoms with Crippen LogP contribution in [0.25, 0.3) is 10.2 Å². The number of hydrogen-bond donors (Lipinski definition) is 2. The predicted molar refractivity (Wildman–Crippen MR) is 100 cm³/mol. The number of anilines is 2. The van der Waals surface area contributed by atoms with E-state index in [9.17, 15) is 9.59 Å². The van der Waals surface area contributed by atoms with Crippen LogP contribution in [0, 0.1) is 6.92 Å². The van der Waals surface area contributed by atoms with Crippen LogP contribution < -0.4 is 10.6 Å². The number of hydrogen-bond acceptors (Lipinski definition) is 7. The Kier molecular flexibility index (Phi) is 5.34. The summed E-state index contributed by atoms with van der Waals surface area (Å²) in [6.07, 6.45) is 0. The molecule has 3 rings (SSSR count). The van der Waals surface area contributed by atoms with Crippen molar-refractivity contribution in [2.24, 2.45) is 0 Å². The molecule has 2 N–H and O–H groups in total. The lowest BCUT2D eigenvalue weighted by Crippen LogP contribution is -2.25. The molecule has 0 aliphatic carbocycles. The molecule has 2 aromatic heterocycles. The Morgan fingerprint density at radius 1 is 1.32 bits per heavy atom. The second-order valence-electron chi connectivity index (χ2n) is 5.30. The molecule has 25 heavy (non-hydrogen) atoms. The number of carbonyl (C=O) groups is 2. The minimum Gasteiger partial charge on any atom is -0.360 e. The highest BCUT2D eigenvalue weighted by Gasteiger charge is 2.17.